The van der Waals surface area contributed by atoms with Gasteiger partial charge < -0.3 is 19.7 Å². The molecule has 2 aromatic rings. The molecule has 3 atom stereocenters. The fraction of sp³-hybridized carbons (Fsp3) is 0.536. The quantitative estimate of drug-likeness (QED) is 0.328. The molecule has 1 aromatic heterocycles. The molecule has 0 radical (unpaired) electrons. The van der Waals surface area contributed by atoms with Crippen LogP contribution in [0.1, 0.15) is 63.0 Å². The molecule has 1 aliphatic heterocycles. The van der Waals surface area contributed by atoms with Gasteiger partial charge in [0.1, 0.15) is 22.0 Å². The first-order valence-electron chi connectivity index (χ1n) is 13.2. The third-order valence-electron chi connectivity index (χ3n) is 7.08. The Bertz CT molecular complexity index is 1220. The van der Waals surface area contributed by atoms with Crippen LogP contribution < -0.4 is 10.1 Å². The fourth-order valence-corrected chi connectivity index (χ4v) is 5.32. The Morgan fingerprint density at radius 3 is 2.41 bits per heavy atom. The number of hydrogen-bond donors (Lipinski definition) is 1. The topological polar surface area (TPSA) is 114 Å². The summed E-state index contributed by atoms with van der Waals surface area (Å²) in [6.45, 7) is 8.45. The smallest absolute Gasteiger partial charge is 0.410 e. The Morgan fingerprint density at radius 1 is 1.13 bits per heavy atom. The van der Waals surface area contributed by atoms with Crippen LogP contribution in [0.4, 0.5) is 10.6 Å². The Hall–Kier alpha value is -3.05. The van der Waals surface area contributed by atoms with Gasteiger partial charge in [0.2, 0.25) is 5.78 Å². The lowest BCUT2D eigenvalue weighted by Gasteiger charge is -2.55. The van der Waals surface area contributed by atoms with E-state index in [1.807, 2.05) is 49.9 Å². The van der Waals surface area contributed by atoms with E-state index >= 15 is 0 Å². The van der Waals surface area contributed by atoms with Crippen LogP contribution in [0.5, 0.6) is 5.75 Å². The van der Waals surface area contributed by atoms with E-state index in [1.165, 1.54) is 6.20 Å². The van der Waals surface area contributed by atoms with Gasteiger partial charge in [-0.1, -0.05) is 19.1 Å². The van der Waals surface area contributed by atoms with Gasteiger partial charge in [-0.3, -0.25) is 14.5 Å². The molecule has 4 rings (SSSR count). The van der Waals surface area contributed by atoms with E-state index in [-0.39, 0.29) is 36.1 Å². The molecule has 1 aliphatic carbocycles. The van der Waals surface area contributed by atoms with Crippen molar-refractivity contribution in [3.63, 3.8) is 0 Å². The molecule has 1 N–H and O–H groups in total. The van der Waals surface area contributed by atoms with Crippen LogP contribution in [0.2, 0.25) is 0 Å². The zero-order valence-electron chi connectivity index (χ0n) is 23.1. The van der Waals surface area contributed by atoms with Crippen molar-refractivity contribution in [1.82, 2.24) is 19.8 Å². The summed E-state index contributed by atoms with van der Waals surface area (Å²) in [6.07, 6.45) is 2.95. The molecule has 1 aromatic carbocycles. The number of nitrogens with zero attached hydrogens (tertiary/aromatic N) is 4. The van der Waals surface area contributed by atoms with Crippen LogP contribution in [0.25, 0.3) is 0 Å². The maximum Gasteiger partial charge on any atom is 0.410 e. The minimum Gasteiger partial charge on any atom is -0.497 e. The zero-order chi connectivity index (χ0) is 28.3. The van der Waals surface area contributed by atoms with E-state index < -0.39 is 17.4 Å². The van der Waals surface area contributed by atoms with Crippen LogP contribution in [0, 0.1) is 0 Å². The molecule has 1 amide bonds. The Morgan fingerprint density at radius 2 is 1.82 bits per heavy atom. The van der Waals surface area contributed by atoms with Gasteiger partial charge in [-0.25, -0.2) is 14.8 Å². The Kier molecular flexibility index (Phi) is 8.90. The first-order chi connectivity index (χ1) is 18.5. The highest BCUT2D eigenvalue weighted by Gasteiger charge is 2.50. The summed E-state index contributed by atoms with van der Waals surface area (Å²) in [7, 11) is 1.61. The van der Waals surface area contributed by atoms with Crippen LogP contribution >= 0.6 is 15.9 Å². The van der Waals surface area contributed by atoms with Crippen molar-refractivity contribution >= 4 is 39.4 Å². The lowest BCUT2D eigenvalue weighted by molar-refractivity contribution is -0.127. The van der Waals surface area contributed by atoms with E-state index in [1.54, 1.807) is 18.9 Å². The number of ether oxygens (including phenoxy) is 2. The molecule has 1 saturated heterocycles. The molecule has 2 heterocycles. The maximum atomic E-state index is 14.0. The predicted octanol–water partition coefficient (Wildman–Crippen LogP) is 4.47. The van der Waals surface area contributed by atoms with Crippen LogP contribution in [-0.4, -0.2) is 81.4 Å². The van der Waals surface area contributed by atoms with Gasteiger partial charge >= 0.3 is 6.09 Å². The number of methoxy groups -OCH3 is 1. The summed E-state index contributed by atoms with van der Waals surface area (Å²) < 4.78 is 11.2. The number of rotatable bonds is 9. The molecule has 39 heavy (non-hydrogen) atoms. The van der Waals surface area contributed by atoms with Crippen molar-refractivity contribution in [1.29, 1.82) is 0 Å². The number of nitrogens with one attached hydrogen (secondary N) is 1. The molecule has 1 saturated carbocycles. The maximum absolute atomic E-state index is 14.0. The first-order valence-corrected chi connectivity index (χ1v) is 14.0. The zero-order valence-corrected chi connectivity index (χ0v) is 24.7. The summed E-state index contributed by atoms with van der Waals surface area (Å²) in [6, 6.07) is 6.35. The van der Waals surface area contributed by atoms with Gasteiger partial charge in [0.25, 0.3) is 0 Å². The van der Waals surface area contributed by atoms with Gasteiger partial charge in [0.15, 0.2) is 17.3 Å². The van der Waals surface area contributed by atoms with Gasteiger partial charge in [-0.05, 0) is 67.2 Å². The molecule has 210 valence electrons. The van der Waals surface area contributed by atoms with Crippen molar-refractivity contribution in [2.24, 2.45) is 0 Å². The van der Waals surface area contributed by atoms with Crippen LogP contribution in [0.3, 0.4) is 0 Å². The Balaban J connectivity index is 1.56. The van der Waals surface area contributed by atoms with E-state index in [0.29, 0.717) is 30.1 Å². The summed E-state index contributed by atoms with van der Waals surface area (Å²) in [5, 5.41) is 3.21. The highest BCUT2D eigenvalue weighted by atomic mass is 79.9. The molecular formula is C28H36BrN5O5. The number of fused-ring (bicyclic) bond motifs is 1. The van der Waals surface area contributed by atoms with Gasteiger partial charge in [0, 0.05) is 32.1 Å². The number of piperazine rings is 1. The minimum absolute atomic E-state index is 0.102. The summed E-state index contributed by atoms with van der Waals surface area (Å²) >= 11 is 3.33. The average molecular weight is 603 g/mol. The number of aromatic nitrogens is 2. The van der Waals surface area contributed by atoms with Gasteiger partial charge in [0.05, 0.1) is 19.3 Å². The van der Waals surface area contributed by atoms with Crippen molar-refractivity contribution in [2.75, 3.05) is 25.5 Å². The minimum atomic E-state index is -1.01. The number of carbonyl (C=O) groups excluding carboxylic acids is 3. The first kappa shape index (κ1) is 28.9. The highest BCUT2D eigenvalue weighted by Crippen LogP contribution is 2.37. The van der Waals surface area contributed by atoms with Crippen molar-refractivity contribution in [2.45, 2.75) is 77.2 Å². The average Bonchev–Trinajstić information content (AvgIpc) is 2.87. The van der Waals surface area contributed by atoms with E-state index in [0.717, 1.165) is 24.2 Å². The summed E-state index contributed by atoms with van der Waals surface area (Å²) in [5.41, 5.74) is 0.476. The van der Waals surface area contributed by atoms with E-state index in [2.05, 4.69) is 31.2 Å². The van der Waals surface area contributed by atoms with Gasteiger partial charge in [-0.15, -0.1) is 0 Å². The number of ketones is 2. The number of Topliss-reactive ketones (excluding diaryl/α,β-unsaturated/α-hetero) is 2. The standard InChI is InChI=1S/C28H36BrN5O5/c1-6-21(35)24(33-13-14-34(20-12-11-19(20)33)27(37)39-28(2,3)4)25(36)23-26(31-16-22(29)32-23)30-15-17-7-9-18(38-5)10-8-17/h7-10,16,19-20,24H,6,11-15H2,1-5H3,(H,30,31)/t19-,20-,24?/m1/s1. The normalized spacial score (nSPS) is 19.9. The lowest BCUT2D eigenvalue weighted by atomic mass is 9.80. The molecule has 10 nitrogen and oxygen atoms in total. The third-order valence-corrected chi connectivity index (χ3v) is 7.47. The van der Waals surface area contributed by atoms with Crippen molar-refractivity contribution in [3.05, 3.63) is 46.3 Å². The molecule has 1 unspecified atom stereocenters. The van der Waals surface area contributed by atoms with E-state index in [9.17, 15) is 14.4 Å². The number of anilines is 1. The number of carbonyl (C=O) groups is 3. The second-order valence-corrected chi connectivity index (χ2v) is 11.6. The summed E-state index contributed by atoms with van der Waals surface area (Å²) in [4.78, 5) is 52.7. The Labute approximate surface area is 237 Å². The largest absolute Gasteiger partial charge is 0.497 e. The van der Waals surface area contributed by atoms with Crippen molar-refractivity contribution < 1.29 is 23.9 Å². The lowest BCUT2D eigenvalue weighted by Crippen LogP contribution is -2.70. The molecule has 2 fully saturated rings. The second kappa shape index (κ2) is 12.0. The molecule has 11 heteroatoms. The summed E-state index contributed by atoms with van der Waals surface area (Å²) in [5.74, 6) is 0.481. The molecule has 2 aliphatic rings. The number of hydrogen-bond acceptors (Lipinski definition) is 9. The fourth-order valence-electron chi connectivity index (χ4n) is 5.04. The predicted molar refractivity (Wildman–Crippen MR) is 150 cm³/mol. The van der Waals surface area contributed by atoms with Crippen molar-refractivity contribution in [3.8, 4) is 5.75 Å². The van der Waals surface area contributed by atoms with Crippen LogP contribution in [-0.2, 0) is 16.1 Å². The van der Waals surface area contributed by atoms with E-state index in [4.69, 9.17) is 9.47 Å². The molecular weight excluding hydrogens is 566 g/mol. The molecule has 0 bridgehead atoms. The second-order valence-electron chi connectivity index (χ2n) is 10.8. The van der Waals surface area contributed by atoms with Crippen LogP contribution in [0.15, 0.2) is 35.1 Å². The number of amides is 1. The van der Waals surface area contributed by atoms with Gasteiger partial charge in [-0.2, -0.15) is 0 Å². The SMILES string of the molecule is CCC(=O)C(C(=O)c1nc(Br)cnc1NCc1ccc(OC)cc1)N1CCN(C(=O)OC(C)(C)C)[C@@H]2CC[C@H]21. The third kappa shape index (κ3) is 6.58. The number of benzene rings is 1. The number of halogens is 1. The molecule has 0 spiro atoms. The monoisotopic (exact) mass is 601 g/mol. The highest BCUT2D eigenvalue weighted by molar-refractivity contribution is 9.10.